The largest absolute Gasteiger partial charge is 0.496 e. The topological polar surface area (TPSA) is 39.5 Å². The SMILES string of the molecule is COc1ccc(C#N)cc1CN1CCC2CCC(C1)N2C. The van der Waals surface area contributed by atoms with E-state index < -0.39 is 0 Å². The van der Waals surface area contributed by atoms with Gasteiger partial charge in [0, 0.05) is 37.3 Å². The van der Waals surface area contributed by atoms with E-state index in [-0.39, 0.29) is 0 Å². The van der Waals surface area contributed by atoms with Crippen LogP contribution in [0, 0.1) is 11.3 Å². The third-order valence-electron chi connectivity index (χ3n) is 5.04. The fourth-order valence-electron chi connectivity index (χ4n) is 3.74. The molecule has 4 nitrogen and oxygen atoms in total. The molecule has 2 unspecified atom stereocenters. The van der Waals surface area contributed by atoms with E-state index in [1.54, 1.807) is 7.11 Å². The number of ether oxygens (including phenoxy) is 1. The fourth-order valence-corrected chi connectivity index (χ4v) is 3.74. The molecule has 2 aliphatic rings. The molecule has 2 fully saturated rings. The molecule has 0 aliphatic carbocycles. The molecule has 0 saturated carbocycles. The second kappa shape index (κ2) is 6.05. The lowest BCUT2D eigenvalue weighted by Gasteiger charge is -2.26. The highest BCUT2D eigenvalue weighted by Crippen LogP contribution is 2.30. The Morgan fingerprint density at radius 1 is 1.29 bits per heavy atom. The molecule has 0 N–H and O–H groups in total. The summed E-state index contributed by atoms with van der Waals surface area (Å²) in [6.07, 6.45) is 3.91. The summed E-state index contributed by atoms with van der Waals surface area (Å²) in [7, 11) is 3.96. The van der Waals surface area contributed by atoms with Gasteiger partial charge in [-0.2, -0.15) is 5.26 Å². The number of hydrogen-bond acceptors (Lipinski definition) is 4. The zero-order valence-corrected chi connectivity index (χ0v) is 12.9. The van der Waals surface area contributed by atoms with E-state index >= 15 is 0 Å². The summed E-state index contributed by atoms with van der Waals surface area (Å²) in [5, 5.41) is 9.09. The molecule has 1 aromatic carbocycles. The lowest BCUT2D eigenvalue weighted by Crippen LogP contribution is -2.36. The maximum absolute atomic E-state index is 9.09. The summed E-state index contributed by atoms with van der Waals surface area (Å²) in [6, 6.07) is 9.35. The highest BCUT2D eigenvalue weighted by Gasteiger charge is 2.34. The third-order valence-corrected chi connectivity index (χ3v) is 5.04. The van der Waals surface area contributed by atoms with Gasteiger partial charge in [0.05, 0.1) is 18.7 Å². The molecule has 112 valence electrons. The minimum Gasteiger partial charge on any atom is -0.496 e. The van der Waals surface area contributed by atoms with Crippen LogP contribution in [-0.4, -0.2) is 49.1 Å². The van der Waals surface area contributed by atoms with Gasteiger partial charge in [0.25, 0.3) is 0 Å². The molecule has 2 atom stereocenters. The van der Waals surface area contributed by atoms with E-state index in [0.29, 0.717) is 11.6 Å². The highest BCUT2D eigenvalue weighted by molar-refractivity contribution is 5.42. The standard InChI is InChI=1S/C17H23N3O/c1-19-15-4-5-16(19)12-20(8-7-15)11-14-9-13(10-18)3-6-17(14)21-2/h3,6,9,15-16H,4-5,7-8,11-12H2,1-2H3. The van der Waals surface area contributed by atoms with Crippen LogP contribution >= 0.6 is 0 Å². The quantitative estimate of drug-likeness (QED) is 0.854. The Balaban J connectivity index is 1.76. The number of fused-ring (bicyclic) bond motifs is 2. The molecule has 0 aromatic heterocycles. The van der Waals surface area contributed by atoms with Crippen molar-refractivity contribution in [2.45, 2.75) is 37.9 Å². The monoisotopic (exact) mass is 285 g/mol. The Morgan fingerprint density at radius 2 is 2.10 bits per heavy atom. The van der Waals surface area contributed by atoms with Crippen LogP contribution in [0.3, 0.4) is 0 Å². The van der Waals surface area contributed by atoms with Crippen LogP contribution in [0.5, 0.6) is 5.75 Å². The molecular weight excluding hydrogens is 262 g/mol. The van der Waals surface area contributed by atoms with Crippen LogP contribution in [0.1, 0.15) is 30.4 Å². The molecule has 2 bridgehead atoms. The second-order valence-electron chi connectivity index (χ2n) is 6.21. The first-order valence-corrected chi connectivity index (χ1v) is 7.72. The Kier molecular flexibility index (Phi) is 4.14. The number of methoxy groups -OCH3 is 1. The van der Waals surface area contributed by atoms with Gasteiger partial charge < -0.3 is 4.74 Å². The van der Waals surface area contributed by atoms with E-state index in [0.717, 1.165) is 37.0 Å². The molecule has 2 aliphatic heterocycles. The lowest BCUT2D eigenvalue weighted by molar-refractivity contribution is 0.213. The van der Waals surface area contributed by atoms with Crippen molar-refractivity contribution in [2.75, 3.05) is 27.2 Å². The van der Waals surface area contributed by atoms with Gasteiger partial charge in [0.15, 0.2) is 0 Å². The van der Waals surface area contributed by atoms with Crippen molar-refractivity contribution < 1.29 is 4.74 Å². The molecule has 0 spiro atoms. The molecular formula is C17H23N3O. The number of likely N-dealkylation sites (tertiary alicyclic amines) is 1. The first-order chi connectivity index (χ1) is 10.2. The average molecular weight is 285 g/mol. The molecule has 21 heavy (non-hydrogen) atoms. The van der Waals surface area contributed by atoms with Gasteiger partial charge in [-0.05, 0) is 44.5 Å². The summed E-state index contributed by atoms with van der Waals surface area (Å²) in [5.74, 6) is 0.886. The Bertz CT molecular complexity index is 551. The first kappa shape index (κ1) is 14.4. The highest BCUT2D eigenvalue weighted by atomic mass is 16.5. The minimum absolute atomic E-state index is 0.683. The van der Waals surface area contributed by atoms with Crippen LogP contribution < -0.4 is 4.74 Å². The second-order valence-corrected chi connectivity index (χ2v) is 6.21. The van der Waals surface area contributed by atoms with Crippen molar-refractivity contribution in [3.63, 3.8) is 0 Å². The summed E-state index contributed by atoms with van der Waals surface area (Å²) >= 11 is 0. The van der Waals surface area contributed by atoms with Crippen molar-refractivity contribution in [3.8, 4) is 11.8 Å². The van der Waals surface area contributed by atoms with Crippen LogP contribution in [0.4, 0.5) is 0 Å². The average Bonchev–Trinajstić information content (AvgIpc) is 2.75. The Labute approximate surface area is 126 Å². The van der Waals surface area contributed by atoms with Gasteiger partial charge in [-0.25, -0.2) is 0 Å². The van der Waals surface area contributed by atoms with E-state index in [9.17, 15) is 0 Å². The molecule has 0 radical (unpaired) electrons. The summed E-state index contributed by atoms with van der Waals surface area (Å²) < 4.78 is 5.45. The Morgan fingerprint density at radius 3 is 2.86 bits per heavy atom. The minimum atomic E-state index is 0.683. The van der Waals surface area contributed by atoms with Gasteiger partial charge >= 0.3 is 0 Å². The zero-order valence-electron chi connectivity index (χ0n) is 12.9. The van der Waals surface area contributed by atoms with E-state index in [1.807, 2.05) is 18.2 Å². The first-order valence-electron chi connectivity index (χ1n) is 7.72. The molecule has 3 rings (SSSR count). The van der Waals surface area contributed by atoms with Gasteiger partial charge in [-0.1, -0.05) is 0 Å². The normalized spacial score (nSPS) is 26.3. The maximum atomic E-state index is 9.09. The molecule has 2 heterocycles. The lowest BCUT2D eigenvalue weighted by atomic mass is 10.1. The molecule has 0 amide bonds. The van der Waals surface area contributed by atoms with E-state index in [1.165, 1.54) is 19.3 Å². The predicted octanol–water partition coefficient (Wildman–Crippen LogP) is 2.24. The van der Waals surface area contributed by atoms with Crippen molar-refractivity contribution in [1.29, 1.82) is 5.26 Å². The number of hydrogen-bond donors (Lipinski definition) is 0. The summed E-state index contributed by atoms with van der Waals surface area (Å²) in [6.45, 7) is 3.12. The van der Waals surface area contributed by atoms with Crippen molar-refractivity contribution in [1.82, 2.24) is 9.80 Å². The van der Waals surface area contributed by atoms with Crippen LogP contribution in [0.15, 0.2) is 18.2 Å². The summed E-state index contributed by atoms with van der Waals surface area (Å²) in [4.78, 5) is 5.07. The smallest absolute Gasteiger partial charge is 0.123 e. The van der Waals surface area contributed by atoms with Crippen molar-refractivity contribution in [2.24, 2.45) is 0 Å². The van der Waals surface area contributed by atoms with E-state index in [2.05, 4.69) is 22.9 Å². The van der Waals surface area contributed by atoms with Gasteiger partial charge in [-0.3, -0.25) is 9.80 Å². The number of likely N-dealkylation sites (N-methyl/N-ethyl adjacent to an activating group) is 1. The summed E-state index contributed by atoms with van der Waals surface area (Å²) in [5.41, 5.74) is 1.83. The van der Waals surface area contributed by atoms with Gasteiger partial charge in [0.1, 0.15) is 5.75 Å². The maximum Gasteiger partial charge on any atom is 0.123 e. The number of benzene rings is 1. The van der Waals surface area contributed by atoms with Gasteiger partial charge in [-0.15, -0.1) is 0 Å². The molecule has 4 heteroatoms. The number of nitriles is 1. The van der Waals surface area contributed by atoms with Crippen LogP contribution in [0.25, 0.3) is 0 Å². The molecule has 2 saturated heterocycles. The van der Waals surface area contributed by atoms with Crippen LogP contribution in [0.2, 0.25) is 0 Å². The van der Waals surface area contributed by atoms with Crippen molar-refractivity contribution in [3.05, 3.63) is 29.3 Å². The van der Waals surface area contributed by atoms with Gasteiger partial charge in [0.2, 0.25) is 0 Å². The van der Waals surface area contributed by atoms with E-state index in [4.69, 9.17) is 10.00 Å². The number of rotatable bonds is 3. The Hall–Kier alpha value is -1.57. The zero-order chi connectivity index (χ0) is 14.8. The predicted molar refractivity (Wildman–Crippen MR) is 82.2 cm³/mol. The molecule has 1 aromatic rings. The van der Waals surface area contributed by atoms with Crippen LogP contribution in [-0.2, 0) is 6.54 Å². The fraction of sp³-hybridized carbons (Fsp3) is 0.588. The third kappa shape index (κ3) is 2.90. The van der Waals surface area contributed by atoms with Crippen molar-refractivity contribution >= 4 is 0 Å². The number of nitrogens with zero attached hydrogens (tertiary/aromatic N) is 3.